The fraction of sp³-hybridized carbons (Fsp3) is 0.533. The number of anilines is 2. The second-order valence-electron chi connectivity index (χ2n) is 5.02. The van der Waals surface area contributed by atoms with Crippen molar-refractivity contribution in [2.75, 3.05) is 30.4 Å². The molecule has 1 aromatic carbocycles. The summed E-state index contributed by atoms with van der Waals surface area (Å²) < 4.78 is 5.02. The number of aliphatic hydroxyl groups excluding tert-OH is 1. The number of benzene rings is 1. The number of aliphatic hydroxyl groups is 1. The van der Waals surface area contributed by atoms with Gasteiger partial charge in [0.05, 0.1) is 24.8 Å². The first-order chi connectivity index (χ1) is 9.67. The number of piperidine rings is 1. The zero-order chi connectivity index (χ0) is 14.5. The summed E-state index contributed by atoms with van der Waals surface area (Å²) in [4.78, 5) is 14.0. The summed E-state index contributed by atoms with van der Waals surface area (Å²) in [6.07, 6.45) is 3.19. The Morgan fingerprint density at radius 2 is 2.30 bits per heavy atom. The molecular formula is C15H22N2O3. The van der Waals surface area contributed by atoms with E-state index in [-0.39, 0.29) is 12.6 Å². The van der Waals surface area contributed by atoms with Crippen LogP contribution in [0.25, 0.3) is 0 Å². The molecule has 3 N–H and O–H groups in total. The molecule has 0 bridgehead atoms. The van der Waals surface area contributed by atoms with Gasteiger partial charge in [-0.15, -0.1) is 0 Å². The van der Waals surface area contributed by atoms with Crippen LogP contribution in [0.15, 0.2) is 18.2 Å². The fourth-order valence-electron chi connectivity index (χ4n) is 2.64. The minimum Gasteiger partial charge on any atom is -0.462 e. The Balaban J connectivity index is 2.28. The lowest BCUT2D eigenvalue weighted by molar-refractivity contribution is 0.0527. The Morgan fingerprint density at radius 1 is 1.50 bits per heavy atom. The number of ether oxygens (including phenoxy) is 1. The van der Waals surface area contributed by atoms with E-state index in [0.29, 0.717) is 17.9 Å². The molecule has 1 aliphatic heterocycles. The zero-order valence-electron chi connectivity index (χ0n) is 11.8. The highest BCUT2D eigenvalue weighted by Crippen LogP contribution is 2.28. The van der Waals surface area contributed by atoms with Gasteiger partial charge in [0.1, 0.15) is 0 Å². The molecule has 1 heterocycles. The third-order valence-corrected chi connectivity index (χ3v) is 3.70. The molecule has 1 aliphatic rings. The van der Waals surface area contributed by atoms with Gasteiger partial charge in [-0.05, 0) is 44.4 Å². The summed E-state index contributed by atoms with van der Waals surface area (Å²) in [5, 5.41) is 9.48. The van der Waals surface area contributed by atoms with Gasteiger partial charge >= 0.3 is 5.97 Å². The third kappa shape index (κ3) is 3.04. The first kappa shape index (κ1) is 14.7. The second kappa shape index (κ2) is 6.61. The molecule has 0 radical (unpaired) electrons. The molecule has 1 unspecified atom stereocenters. The fourth-order valence-corrected chi connectivity index (χ4v) is 2.64. The van der Waals surface area contributed by atoms with Crippen molar-refractivity contribution in [3.63, 3.8) is 0 Å². The Hall–Kier alpha value is -1.75. The van der Waals surface area contributed by atoms with Crippen LogP contribution in [-0.2, 0) is 4.74 Å². The SMILES string of the molecule is CCOC(=O)c1cc(N2CCCCC2CO)ccc1N. The summed E-state index contributed by atoms with van der Waals surface area (Å²) in [7, 11) is 0. The second-order valence-corrected chi connectivity index (χ2v) is 5.02. The summed E-state index contributed by atoms with van der Waals surface area (Å²) in [5.74, 6) is -0.399. The number of carbonyl (C=O) groups is 1. The van der Waals surface area contributed by atoms with Crippen LogP contribution >= 0.6 is 0 Å². The molecule has 5 heteroatoms. The molecule has 0 spiro atoms. The van der Waals surface area contributed by atoms with Gasteiger partial charge in [-0.3, -0.25) is 0 Å². The molecule has 5 nitrogen and oxygen atoms in total. The van der Waals surface area contributed by atoms with E-state index in [4.69, 9.17) is 10.5 Å². The quantitative estimate of drug-likeness (QED) is 0.649. The lowest BCUT2D eigenvalue weighted by atomic mass is 10.0. The van der Waals surface area contributed by atoms with Gasteiger partial charge in [0.25, 0.3) is 0 Å². The van der Waals surface area contributed by atoms with E-state index in [1.165, 1.54) is 0 Å². The molecule has 1 aromatic rings. The molecule has 1 fully saturated rings. The van der Waals surface area contributed by atoms with Crippen molar-refractivity contribution in [2.45, 2.75) is 32.2 Å². The highest BCUT2D eigenvalue weighted by molar-refractivity contribution is 5.96. The molecule has 0 aromatic heterocycles. The monoisotopic (exact) mass is 278 g/mol. The molecule has 1 saturated heterocycles. The van der Waals surface area contributed by atoms with Crippen LogP contribution in [0, 0.1) is 0 Å². The van der Waals surface area contributed by atoms with Crippen molar-refractivity contribution < 1.29 is 14.6 Å². The van der Waals surface area contributed by atoms with Crippen LogP contribution in [0.4, 0.5) is 11.4 Å². The zero-order valence-corrected chi connectivity index (χ0v) is 11.8. The van der Waals surface area contributed by atoms with Crippen molar-refractivity contribution in [1.82, 2.24) is 0 Å². The van der Waals surface area contributed by atoms with E-state index in [0.717, 1.165) is 31.5 Å². The van der Waals surface area contributed by atoms with Gasteiger partial charge in [-0.1, -0.05) is 0 Å². The Labute approximate surface area is 119 Å². The van der Waals surface area contributed by atoms with Crippen molar-refractivity contribution in [1.29, 1.82) is 0 Å². The van der Waals surface area contributed by atoms with Gasteiger partial charge in [0.2, 0.25) is 0 Å². The molecule has 0 aliphatic carbocycles. The smallest absolute Gasteiger partial charge is 0.340 e. The van der Waals surface area contributed by atoms with Gasteiger partial charge in [-0.25, -0.2) is 4.79 Å². The molecule has 110 valence electrons. The minimum atomic E-state index is -0.399. The van der Waals surface area contributed by atoms with Crippen molar-refractivity contribution in [3.05, 3.63) is 23.8 Å². The third-order valence-electron chi connectivity index (χ3n) is 3.70. The van der Waals surface area contributed by atoms with Crippen molar-refractivity contribution in [2.24, 2.45) is 0 Å². The van der Waals surface area contributed by atoms with E-state index in [1.54, 1.807) is 19.1 Å². The van der Waals surface area contributed by atoms with Gasteiger partial charge in [0, 0.05) is 17.9 Å². The Kier molecular flexibility index (Phi) is 4.84. The van der Waals surface area contributed by atoms with E-state index in [2.05, 4.69) is 4.90 Å². The standard InChI is InChI=1S/C15H22N2O3/c1-2-20-15(19)13-9-11(6-7-14(13)16)17-8-4-3-5-12(17)10-18/h6-7,9,12,18H,2-5,8,10,16H2,1H3. The molecule has 0 amide bonds. The number of hydrogen-bond donors (Lipinski definition) is 2. The highest BCUT2D eigenvalue weighted by Gasteiger charge is 2.23. The van der Waals surface area contributed by atoms with Crippen molar-refractivity contribution in [3.8, 4) is 0 Å². The first-order valence-electron chi connectivity index (χ1n) is 7.11. The highest BCUT2D eigenvalue weighted by atomic mass is 16.5. The lowest BCUT2D eigenvalue weighted by Crippen LogP contribution is -2.42. The average molecular weight is 278 g/mol. The predicted octanol–water partition coefficient (Wildman–Crippen LogP) is 1.80. The number of hydrogen-bond acceptors (Lipinski definition) is 5. The number of nitrogens with two attached hydrogens (primary N) is 1. The number of nitrogen functional groups attached to an aromatic ring is 1. The number of carbonyl (C=O) groups excluding carboxylic acids is 1. The number of esters is 1. The maximum Gasteiger partial charge on any atom is 0.340 e. The van der Waals surface area contributed by atoms with Crippen LogP contribution in [0.2, 0.25) is 0 Å². The van der Waals surface area contributed by atoms with E-state index in [1.807, 2.05) is 6.07 Å². The van der Waals surface area contributed by atoms with E-state index in [9.17, 15) is 9.90 Å². The van der Waals surface area contributed by atoms with Crippen molar-refractivity contribution >= 4 is 17.3 Å². The Morgan fingerprint density at radius 3 is 3.00 bits per heavy atom. The van der Waals surface area contributed by atoms with Crippen LogP contribution < -0.4 is 10.6 Å². The van der Waals surface area contributed by atoms with Gasteiger partial charge in [0.15, 0.2) is 0 Å². The Bertz CT molecular complexity index is 476. The normalized spacial score (nSPS) is 18.9. The van der Waals surface area contributed by atoms with Gasteiger partial charge < -0.3 is 20.5 Å². The lowest BCUT2D eigenvalue weighted by Gasteiger charge is -2.36. The summed E-state index contributed by atoms with van der Waals surface area (Å²) in [6, 6.07) is 5.50. The molecular weight excluding hydrogens is 256 g/mol. The van der Waals surface area contributed by atoms with Crippen LogP contribution in [0.1, 0.15) is 36.5 Å². The van der Waals surface area contributed by atoms with Crippen LogP contribution in [0.5, 0.6) is 0 Å². The molecule has 0 saturated carbocycles. The largest absolute Gasteiger partial charge is 0.462 e. The summed E-state index contributed by atoms with van der Waals surface area (Å²) >= 11 is 0. The maximum atomic E-state index is 11.9. The number of rotatable bonds is 4. The maximum absolute atomic E-state index is 11.9. The summed E-state index contributed by atoms with van der Waals surface area (Å²) in [5.41, 5.74) is 7.58. The molecule has 2 rings (SSSR count). The molecule has 1 atom stereocenters. The average Bonchev–Trinajstić information content (AvgIpc) is 2.48. The van der Waals surface area contributed by atoms with E-state index < -0.39 is 5.97 Å². The van der Waals surface area contributed by atoms with Gasteiger partial charge in [-0.2, -0.15) is 0 Å². The van der Waals surface area contributed by atoms with Crippen LogP contribution in [-0.4, -0.2) is 36.9 Å². The number of nitrogens with zero attached hydrogens (tertiary/aromatic N) is 1. The minimum absolute atomic E-state index is 0.113. The first-order valence-corrected chi connectivity index (χ1v) is 7.11. The topological polar surface area (TPSA) is 75.8 Å². The van der Waals surface area contributed by atoms with Crippen LogP contribution in [0.3, 0.4) is 0 Å². The predicted molar refractivity (Wildman–Crippen MR) is 78.9 cm³/mol. The summed E-state index contributed by atoms with van der Waals surface area (Å²) in [6.45, 7) is 3.10. The van der Waals surface area contributed by atoms with E-state index >= 15 is 0 Å². The molecule has 20 heavy (non-hydrogen) atoms.